The first-order valence-corrected chi connectivity index (χ1v) is 7.50. The molecule has 0 aliphatic rings. The van der Waals surface area contributed by atoms with E-state index >= 15 is 0 Å². The van der Waals surface area contributed by atoms with Crippen LogP contribution in [0.25, 0.3) is 0 Å². The summed E-state index contributed by atoms with van der Waals surface area (Å²) >= 11 is 0. The Morgan fingerprint density at radius 2 is 1.96 bits per heavy atom. The second-order valence-corrected chi connectivity index (χ2v) is 5.45. The van der Waals surface area contributed by atoms with Crippen molar-refractivity contribution in [3.8, 4) is 0 Å². The van der Waals surface area contributed by atoms with E-state index in [1.165, 1.54) is 18.3 Å². The van der Waals surface area contributed by atoms with Crippen LogP contribution < -0.4 is 5.73 Å². The van der Waals surface area contributed by atoms with Crippen LogP contribution in [0.5, 0.6) is 0 Å². The molecule has 0 radical (unpaired) electrons. The summed E-state index contributed by atoms with van der Waals surface area (Å²) in [7, 11) is 0. The number of amides is 1. The lowest BCUT2D eigenvalue weighted by molar-refractivity contribution is -0.137. The molecule has 2 N–H and O–H groups in total. The Bertz CT molecular complexity index is 773. The lowest BCUT2D eigenvalue weighted by Crippen LogP contribution is -2.14. The van der Waals surface area contributed by atoms with E-state index in [0.29, 0.717) is 16.7 Å². The number of halogens is 3. The van der Waals surface area contributed by atoms with Crippen molar-refractivity contribution in [2.24, 2.45) is 10.9 Å². The van der Waals surface area contributed by atoms with Gasteiger partial charge < -0.3 is 10.6 Å². The molecule has 0 heterocycles. The predicted octanol–water partition coefficient (Wildman–Crippen LogP) is 3.84. The van der Waals surface area contributed by atoms with Crippen molar-refractivity contribution in [1.29, 1.82) is 0 Å². The highest BCUT2D eigenvalue weighted by atomic mass is 19.4. The van der Waals surface area contributed by atoms with Crippen LogP contribution in [0.4, 0.5) is 13.2 Å². The Morgan fingerprint density at radius 3 is 2.64 bits per heavy atom. The van der Waals surface area contributed by atoms with E-state index < -0.39 is 23.8 Å². The predicted molar refractivity (Wildman–Crippen MR) is 87.9 cm³/mol. The molecule has 0 spiro atoms. The number of benzene rings is 2. The molecule has 0 aliphatic carbocycles. The maximum absolute atomic E-state index is 12.7. The first kappa shape index (κ1) is 18.5. The topological polar surface area (TPSA) is 64.7 Å². The number of hydrogen-bond donors (Lipinski definition) is 1. The summed E-state index contributed by atoms with van der Waals surface area (Å²) in [5.74, 6) is -0.473. The summed E-state index contributed by atoms with van der Waals surface area (Å²) in [5, 5.41) is 3.82. The van der Waals surface area contributed by atoms with Crippen molar-refractivity contribution < 1.29 is 22.8 Å². The fourth-order valence-electron chi connectivity index (χ4n) is 2.22. The number of carbonyl (C=O) groups excluding carboxylic acids is 1. The summed E-state index contributed by atoms with van der Waals surface area (Å²) in [6.07, 6.45) is -3.61. The van der Waals surface area contributed by atoms with E-state index in [0.717, 1.165) is 12.1 Å². The minimum absolute atomic E-state index is 0.0609. The van der Waals surface area contributed by atoms with Crippen molar-refractivity contribution in [1.82, 2.24) is 0 Å². The zero-order valence-corrected chi connectivity index (χ0v) is 13.5. The van der Waals surface area contributed by atoms with Gasteiger partial charge in [-0.2, -0.15) is 13.2 Å². The number of nitrogens with zero attached hydrogens (tertiary/aromatic N) is 1. The average molecular weight is 350 g/mol. The third-order valence-electron chi connectivity index (χ3n) is 3.51. The zero-order chi connectivity index (χ0) is 18.4. The first-order valence-electron chi connectivity index (χ1n) is 7.50. The van der Waals surface area contributed by atoms with Gasteiger partial charge in [0.1, 0.15) is 6.10 Å². The smallest absolute Gasteiger partial charge is 0.388 e. The molecule has 4 nitrogen and oxygen atoms in total. The van der Waals surface area contributed by atoms with Gasteiger partial charge in [-0.1, -0.05) is 41.6 Å². The summed E-state index contributed by atoms with van der Waals surface area (Å²) in [6.45, 7) is 1.60. The van der Waals surface area contributed by atoms with Crippen LogP contribution >= 0.6 is 0 Å². The highest BCUT2D eigenvalue weighted by Crippen LogP contribution is 2.31. The van der Waals surface area contributed by atoms with E-state index in [2.05, 4.69) is 5.16 Å². The van der Waals surface area contributed by atoms with Gasteiger partial charge in [-0.05, 0) is 35.7 Å². The second kappa shape index (κ2) is 7.83. The quantitative estimate of drug-likeness (QED) is 0.635. The molecule has 0 aliphatic heterocycles. The molecule has 7 heteroatoms. The maximum atomic E-state index is 12.7. The lowest BCUT2D eigenvalue weighted by atomic mass is 10.1. The van der Waals surface area contributed by atoms with Crippen molar-refractivity contribution in [3.05, 3.63) is 70.8 Å². The molecular formula is C18H17F3N2O2. The van der Waals surface area contributed by atoms with Crippen LogP contribution in [-0.4, -0.2) is 12.1 Å². The minimum Gasteiger partial charge on any atom is -0.388 e. The Hall–Kier alpha value is -2.83. The van der Waals surface area contributed by atoms with E-state index in [1.807, 2.05) is 0 Å². The fourth-order valence-corrected chi connectivity index (χ4v) is 2.22. The number of oxime groups is 1. The summed E-state index contributed by atoms with van der Waals surface area (Å²) in [4.78, 5) is 16.3. The normalized spacial score (nSPS) is 13.0. The molecule has 1 unspecified atom stereocenters. The van der Waals surface area contributed by atoms with Gasteiger partial charge in [0.15, 0.2) is 0 Å². The molecule has 1 amide bonds. The zero-order valence-electron chi connectivity index (χ0n) is 13.5. The van der Waals surface area contributed by atoms with Crippen molar-refractivity contribution in [3.63, 3.8) is 0 Å². The molecule has 0 saturated heterocycles. The SMILES string of the molecule is CC(O/N=C/c1ccccc1CC(N)=O)c1cccc(C(F)(F)F)c1. The van der Waals surface area contributed by atoms with Gasteiger partial charge in [-0.25, -0.2) is 0 Å². The monoisotopic (exact) mass is 350 g/mol. The van der Waals surface area contributed by atoms with E-state index in [9.17, 15) is 18.0 Å². The van der Waals surface area contributed by atoms with Crippen LogP contribution in [0.1, 0.15) is 35.3 Å². The van der Waals surface area contributed by atoms with Crippen LogP contribution in [0, 0.1) is 0 Å². The molecule has 0 aromatic heterocycles. The molecular weight excluding hydrogens is 333 g/mol. The van der Waals surface area contributed by atoms with Crippen molar-refractivity contribution in [2.75, 3.05) is 0 Å². The molecule has 2 rings (SSSR count). The van der Waals surface area contributed by atoms with Crippen LogP contribution in [0.3, 0.4) is 0 Å². The largest absolute Gasteiger partial charge is 0.416 e. The molecule has 132 valence electrons. The average Bonchev–Trinajstić information content (AvgIpc) is 2.55. The van der Waals surface area contributed by atoms with Gasteiger partial charge in [0.05, 0.1) is 18.2 Å². The molecule has 25 heavy (non-hydrogen) atoms. The Kier molecular flexibility index (Phi) is 5.80. The first-order chi connectivity index (χ1) is 11.8. The maximum Gasteiger partial charge on any atom is 0.416 e. The summed E-state index contributed by atoms with van der Waals surface area (Å²) < 4.78 is 38.2. The molecule has 2 aromatic carbocycles. The number of rotatable bonds is 6. The van der Waals surface area contributed by atoms with Gasteiger partial charge in [0.2, 0.25) is 5.91 Å². The third-order valence-corrected chi connectivity index (χ3v) is 3.51. The number of carbonyl (C=O) groups is 1. The summed E-state index contributed by atoms with van der Waals surface area (Å²) in [6, 6.07) is 11.9. The van der Waals surface area contributed by atoms with E-state index in [4.69, 9.17) is 10.6 Å². The van der Waals surface area contributed by atoms with Crippen molar-refractivity contribution in [2.45, 2.75) is 25.6 Å². The van der Waals surface area contributed by atoms with Gasteiger partial charge in [-0.15, -0.1) is 0 Å². The van der Waals surface area contributed by atoms with Gasteiger partial charge in [0.25, 0.3) is 0 Å². The van der Waals surface area contributed by atoms with Gasteiger partial charge >= 0.3 is 6.18 Å². The lowest BCUT2D eigenvalue weighted by Gasteiger charge is -2.13. The molecule has 1 atom stereocenters. The van der Waals surface area contributed by atoms with Crippen LogP contribution in [0.15, 0.2) is 53.7 Å². The standard InChI is InChI=1S/C18H17F3N2O2/c1-12(13-7-4-8-16(9-13)18(19,20)21)25-23-11-15-6-3-2-5-14(15)10-17(22)24/h2-9,11-12H,10H2,1H3,(H2,22,24)/b23-11+. The van der Waals surface area contributed by atoms with E-state index in [-0.39, 0.29) is 6.42 Å². The number of primary amides is 1. The number of hydrogen-bond acceptors (Lipinski definition) is 3. The van der Waals surface area contributed by atoms with Crippen LogP contribution in [0.2, 0.25) is 0 Å². The molecule has 0 saturated carbocycles. The molecule has 0 bridgehead atoms. The molecule has 0 fully saturated rings. The Balaban J connectivity index is 2.09. The minimum atomic E-state index is -4.41. The van der Waals surface area contributed by atoms with E-state index in [1.54, 1.807) is 31.2 Å². The van der Waals surface area contributed by atoms with Gasteiger partial charge in [0, 0.05) is 0 Å². The molecule has 2 aromatic rings. The number of nitrogens with two attached hydrogens (primary N) is 1. The third kappa shape index (κ3) is 5.34. The highest BCUT2D eigenvalue weighted by Gasteiger charge is 2.30. The Labute approximate surface area is 143 Å². The van der Waals surface area contributed by atoms with Gasteiger partial charge in [-0.3, -0.25) is 4.79 Å². The summed E-state index contributed by atoms with van der Waals surface area (Å²) in [5.41, 5.74) is 6.15. The van der Waals surface area contributed by atoms with Crippen LogP contribution in [-0.2, 0) is 22.2 Å². The number of alkyl halides is 3. The second-order valence-electron chi connectivity index (χ2n) is 5.45. The van der Waals surface area contributed by atoms with Crippen molar-refractivity contribution >= 4 is 12.1 Å². The highest BCUT2D eigenvalue weighted by molar-refractivity contribution is 5.85. The fraction of sp³-hybridized carbons (Fsp3) is 0.222. The Morgan fingerprint density at radius 1 is 1.24 bits per heavy atom.